The van der Waals surface area contributed by atoms with E-state index in [4.69, 9.17) is 4.74 Å². The lowest BCUT2D eigenvalue weighted by molar-refractivity contribution is -0.118. The third kappa shape index (κ3) is 8.30. The van der Waals surface area contributed by atoms with Crippen molar-refractivity contribution in [3.63, 3.8) is 0 Å². The zero-order valence-electron chi connectivity index (χ0n) is 16.6. The van der Waals surface area contributed by atoms with Gasteiger partial charge in [-0.15, -0.1) is 0 Å². The summed E-state index contributed by atoms with van der Waals surface area (Å²) in [7, 11) is -3.06. The van der Waals surface area contributed by atoms with E-state index < -0.39 is 14.6 Å². The molecule has 0 bridgehead atoms. The Morgan fingerprint density at radius 2 is 1.85 bits per heavy atom. The zero-order chi connectivity index (χ0) is 19.6. The van der Waals surface area contributed by atoms with Gasteiger partial charge < -0.3 is 4.74 Å². The predicted molar refractivity (Wildman–Crippen MR) is 105 cm³/mol. The second kappa shape index (κ2) is 10.7. The number of rotatable bonds is 12. The number of carbonyl (C=O) groups excluding carboxylic acids is 1. The Morgan fingerprint density at radius 1 is 1.12 bits per heavy atom. The predicted octanol–water partition coefficient (Wildman–Crippen LogP) is 4.15. The molecule has 26 heavy (non-hydrogen) atoms. The maximum absolute atomic E-state index is 12.1. The maximum Gasteiger partial charge on any atom is 0.213 e. The van der Waals surface area contributed by atoms with Gasteiger partial charge in [-0.2, -0.15) is 0 Å². The molecule has 0 saturated heterocycles. The third-order valence-electron chi connectivity index (χ3n) is 4.25. The van der Waals surface area contributed by atoms with Crippen molar-refractivity contribution in [2.45, 2.75) is 77.4 Å². The van der Waals surface area contributed by atoms with Crippen molar-refractivity contribution in [3.05, 3.63) is 23.9 Å². The molecule has 0 aliphatic rings. The topological polar surface area (TPSA) is 73.3 Å². The quantitative estimate of drug-likeness (QED) is 0.507. The van der Waals surface area contributed by atoms with Gasteiger partial charge in [0.1, 0.15) is 5.78 Å². The number of sulfone groups is 1. The molecule has 1 aromatic heterocycles. The number of hydrogen-bond acceptors (Lipinski definition) is 5. The molecule has 0 amide bonds. The van der Waals surface area contributed by atoms with Crippen LogP contribution in [0.25, 0.3) is 0 Å². The number of Topliss-reactive ketones (excluding diaryl/α,β-unsaturated/α-hetero) is 1. The normalized spacial score (nSPS) is 12.2. The molecule has 6 heteroatoms. The minimum Gasteiger partial charge on any atom is -0.478 e. The number of hydrogen-bond donors (Lipinski definition) is 0. The van der Waals surface area contributed by atoms with Crippen LogP contribution in [0.15, 0.2) is 18.3 Å². The Bertz CT molecular complexity index is 645. The van der Waals surface area contributed by atoms with Crippen molar-refractivity contribution >= 4 is 15.6 Å². The highest BCUT2D eigenvalue weighted by Gasteiger charge is 2.27. The Hall–Kier alpha value is -1.43. The summed E-state index contributed by atoms with van der Waals surface area (Å²) in [6, 6.07) is 3.68. The summed E-state index contributed by atoms with van der Waals surface area (Å²) in [6.45, 7) is 7.93. The van der Waals surface area contributed by atoms with Crippen molar-refractivity contribution in [2.75, 3.05) is 12.4 Å². The molecule has 0 unspecified atom stereocenters. The zero-order valence-corrected chi connectivity index (χ0v) is 17.4. The van der Waals surface area contributed by atoms with Gasteiger partial charge >= 0.3 is 0 Å². The number of ketones is 1. The average molecular weight is 384 g/mol. The molecule has 1 rings (SSSR count). The van der Waals surface area contributed by atoms with Crippen molar-refractivity contribution in [1.82, 2.24) is 4.98 Å². The molecule has 0 fully saturated rings. The summed E-state index contributed by atoms with van der Waals surface area (Å²) in [5.74, 6) is 0.938. The van der Waals surface area contributed by atoms with Crippen molar-refractivity contribution in [2.24, 2.45) is 0 Å². The van der Waals surface area contributed by atoms with Crippen molar-refractivity contribution in [1.29, 1.82) is 0 Å². The second-order valence-electron chi connectivity index (χ2n) is 7.66. The highest BCUT2D eigenvalue weighted by atomic mass is 32.2. The molecule has 1 aromatic rings. The van der Waals surface area contributed by atoms with Gasteiger partial charge in [0.15, 0.2) is 9.84 Å². The van der Waals surface area contributed by atoms with Crippen LogP contribution in [0.3, 0.4) is 0 Å². The molecular weight excluding hydrogens is 350 g/mol. The van der Waals surface area contributed by atoms with Gasteiger partial charge in [0.2, 0.25) is 5.88 Å². The van der Waals surface area contributed by atoms with Crippen molar-refractivity contribution < 1.29 is 17.9 Å². The Balaban J connectivity index is 2.26. The van der Waals surface area contributed by atoms with Gasteiger partial charge in [-0.25, -0.2) is 13.4 Å². The Kier molecular flexibility index (Phi) is 9.27. The standard InChI is InChI=1S/C20H33NO4S/c1-5-6-13-25-19-12-11-17(16-21-19)15-18(22)10-8-7-9-14-26(23,24)20(2,3)4/h11-12,16H,5-10,13-15H2,1-4H3. The molecule has 0 aromatic carbocycles. The molecule has 5 nitrogen and oxygen atoms in total. The Morgan fingerprint density at radius 3 is 2.42 bits per heavy atom. The molecule has 0 atom stereocenters. The molecule has 148 valence electrons. The molecule has 0 N–H and O–H groups in total. The van der Waals surface area contributed by atoms with Crippen molar-refractivity contribution in [3.8, 4) is 5.88 Å². The summed E-state index contributed by atoms with van der Waals surface area (Å²) in [4.78, 5) is 16.3. The van der Waals surface area contributed by atoms with Crippen LogP contribution in [0.2, 0.25) is 0 Å². The lowest BCUT2D eigenvalue weighted by Crippen LogP contribution is -2.30. The van der Waals surface area contributed by atoms with E-state index in [0.717, 1.165) is 31.2 Å². The SMILES string of the molecule is CCCCOc1ccc(CC(=O)CCCCCS(=O)(=O)C(C)(C)C)cn1. The fraction of sp³-hybridized carbons (Fsp3) is 0.700. The first kappa shape index (κ1) is 22.6. The highest BCUT2D eigenvalue weighted by Crippen LogP contribution is 2.18. The summed E-state index contributed by atoms with van der Waals surface area (Å²) >= 11 is 0. The third-order valence-corrected chi connectivity index (χ3v) is 6.94. The van der Waals surface area contributed by atoms with Gasteiger partial charge in [-0.1, -0.05) is 25.8 Å². The summed E-state index contributed by atoms with van der Waals surface area (Å²) in [6.07, 6.45) is 6.70. The first-order valence-corrected chi connectivity index (χ1v) is 11.1. The summed E-state index contributed by atoms with van der Waals surface area (Å²) < 4.78 is 28.8. The van der Waals surface area contributed by atoms with Crippen LogP contribution in [-0.2, 0) is 21.1 Å². The molecule has 0 spiro atoms. The second-order valence-corrected chi connectivity index (χ2v) is 10.5. The van der Waals surface area contributed by atoms with Gasteiger partial charge in [0.05, 0.1) is 17.1 Å². The van der Waals surface area contributed by atoms with Crippen LogP contribution < -0.4 is 4.74 Å². The van der Waals surface area contributed by atoms with Gasteiger partial charge in [-0.3, -0.25) is 4.79 Å². The van der Waals surface area contributed by atoms with Crippen LogP contribution in [0.1, 0.15) is 71.8 Å². The first-order chi connectivity index (χ1) is 12.2. The number of pyridine rings is 1. The van der Waals surface area contributed by atoms with Crippen LogP contribution in [-0.4, -0.2) is 36.3 Å². The highest BCUT2D eigenvalue weighted by molar-refractivity contribution is 7.92. The Labute approximate surface area is 158 Å². The van der Waals surface area contributed by atoms with Crippen LogP contribution in [0.4, 0.5) is 0 Å². The molecular formula is C20H33NO4S. The molecule has 0 radical (unpaired) electrons. The summed E-state index contributed by atoms with van der Waals surface area (Å²) in [5.41, 5.74) is 0.883. The molecule has 0 aliphatic carbocycles. The number of ether oxygens (including phenoxy) is 1. The van der Waals surface area contributed by atoms with Gasteiger partial charge in [0.25, 0.3) is 0 Å². The number of aromatic nitrogens is 1. The van der Waals surface area contributed by atoms with Crippen LogP contribution in [0, 0.1) is 0 Å². The number of nitrogens with zero attached hydrogens (tertiary/aromatic N) is 1. The van der Waals surface area contributed by atoms with Gasteiger partial charge in [0, 0.05) is 25.1 Å². The molecule has 0 saturated carbocycles. The van der Waals surface area contributed by atoms with E-state index in [1.165, 1.54) is 0 Å². The van der Waals surface area contributed by atoms with E-state index in [0.29, 0.717) is 31.7 Å². The minimum atomic E-state index is -3.06. The fourth-order valence-corrected chi connectivity index (χ4v) is 3.53. The van der Waals surface area contributed by atoms with Gasteiger partial charge in [-0.05, 0) is 45.6 Å². The lowest BCUT2D eigenvalue weighted by Gasteiger charge is -2.18. The van der Waals surface area contributed by atoms with Crippen LogP contribution >= 0.6 is 0 Å². The largest absolute Gasteiger partial charge is 0.478 e. The number of carbonyl (C=O) groups is 1. The smallest absolute Gasteiger partial charge is 0.213 e. The summed E-state index contributed by atoms with van der Waals surface area (Å²) in [5, 5.41) is 0. The molecule has 0 aliphatic heterocycles. The van der Waals surface area contributed by atoms with E-state index in [1.54, 1.807) is 33.0 Å². The monoisotopic (exact) mass is 383 g/mol. The first-order valence-electron chi connectivity index (χ1n) is 9.47. The minimum absolute atomic E-state index is 0.158. The maximum atomic E-state index is 12.1. The average Bonchev–Trinajstić information content (AvgIpc) is 2.55. The van der Waals surface area contributed by atoms with E-state index >= 15 is 0 Å². The van der Waals surface area contributed by atoms with E-state index in [9.17, 15) is 13.2 Å². The number of unbranched alkanes of at least 4 members (excludes halogenated alkanes) is 3. The molecule has 1 heterocycles. The van der Waals surface area contributed by atoms with E-state index in [1.807, 2.05) is 6.07 Å². The van der Waals surface area contributed by atoms with E-state index in [-0.39, 0.29) is 11.5 Å². The fourth-order valence-electron chi connectivity index (χ4n) is 2.34. The van der Waals surface area contributed by atoms with Crippen LogP contribution in [0.5, 0.6) is 5.88 Å². The van der Waals surface area contributed by atoms with E-state index in [2.05, 4.69) is 11.9 Å². The lowest BCUT2D eigenvalue weighted by atomic mass is 10.1.